The van der Waals surface area contributed by atoms with E-state index < -0.39 is 0 Å². The van der Waals surface area contributed by atoms with E-state index in [2.05, 4.69) is 15.3 Å². The Morgan fingerprint density at radius 3 is 2.67 bits per heavy atom. The zero-order chi connectivity index (χ0) is 9.14. The molecular weight excluding hydrogens is 170 g/mol. The molecule has 0 saturated heterocycles. The number of rotatable bonds is 3. The van der Waals surface area contributed by atoms with Crippen molar-refractivity contribution in [2.24, 2.45) is 5.73 Å². The summed E-state index contributed by atoms with van der Waals surface area (Å²) >= 11 is 1.68. The lowest BCUT2D eigenvalue weighted by Gasteiger charge is -2.19. The van der Waals surface area contributed by atoms with Gasteiger partial charge in [-0.25, -0.2) is 4.98 Å². The number of aryl methyl sites for hydroxylation is 1. The van der Waals surface area contributed by atoms with Crippen molar-refractivity contribution in [3.05, 3.63) is 16.1 Å². The van der Waals surface area contributed by atoms with E-state index in [1.165, 1.54) is 0 Å². The predicted molar refractivity (Wildman–Crippen MR) is 52.3 cm³/mol. The number of hydrogen-bond donors (Lipinski definition) is 1. The summed E-state index contributed by atoms with van der Waals surface area (Å²) in [7, 11) is 4.04. The van der Waals surface area contributed by atoms with Crippen molar-refractivity contribution < 1.29 is 0 Å². The third-order valence-corrected chi connectivity index (χ3v) is 2.83. The van der Waals surface area contributed by atoms with Gasteiger partial charge in [0.25, 0.3) is 0 Å². The van der Waals surface area contributed by atoms with Gasteiger partial charge in [-0.1, -0.05) is 0 Å². The van der Waals surface area contributed by atoms with Crippen LogP contribution in [0.5, 0.6) is 0 Å². The number of aromatic nitrogens is 1. The van der Waals surface area contributed by atoms with Crippen molar-refractivity contribution in [1.82, 2.24) is 9.88 Å². The summed E-state index contributed by atoms with van der Waals surface area (Å²) in [5.41, 5.74) is 6.72. The molecule has 3 nitrogen and oxygen atoms in total. The Labute approximate surface area is 77.2 Å². The van der Waals surface area contributed by atoms with Gasteiger partial charge >= 0.3 is 0 Å². The van der Waals surface area contributed by atoms with E-state index >= 15 is 0 Å². The van der Waals surface area contributed by atoms with Gasteiger partial charge in [-0.2, -0.15) is 0 Å². The molecule has 1 rings (SSSR count). The molecule has 0 fully saturated rings. The van der Waals surface area contributed by atoms with Crippen LogP contribution in [0, 0.1) is 6.92 Å². The second kappa shape index (κ2) is 3.98. The standard InChI is InChI=1S/C8H15N3S/c1-6-5-12-8(10-6)7(4-9)11(2)3/h5,7H,4,9H2,1-3H3. The minimum absolute atomic E-state index is 0.267. The molecule has 0 aliphatic carbocycles. The highest BCUT2D eigenvalue weighted by molar-refractivity contribution is 7.09. The van der Waals surface area contributed by atoms with Gasteiger partial charge in [-0.3, -0.25) is 4.90 Å². The van der Waals surface area contributed by atoms with Crippen molar-refractivity contribution in [2.75, 3.05) is 20.6 Å². The smallest absolute Gasteiger partial charge is 0.111 e. The number of hydrogen-bond acceptors (Lipinski definition) is 4. The Hall–Kier alpha value is -0.450. The van der Waals surface area contributed by atoms with Gasteiger partial charge < -0.3 is 5.73 Å². The molecule has 1 heterocycles. The Kier molecular flexibility index (Phi) is 3.20. The molecule has 0 aliphatic heterocycles. The third-order valence-electron chi connectivity index (χ3n) is 1.77. The van der Waals surface area contributed by atoms with E-state index in [0.717, 1.165) is 10.7 Å². The Morgan fingerprint density at radius 2 is 2.33 bits per heavy atom. The molecule has 1 atom stereocenters. The summed E-state index contributed by atoms with van der Waals surface area (Å²) < 4.78 is 0. The van der Waals surface area contributed by atoms with E-state index in [1.807, 2.05) is 21.0 Å². The van der Waals surface area contributed by atoms with Crippen molar-refractivity contribution in [1.29, 1.82) is 0 Å². The second-order valence-electron chi connectivity index (χ2n) is 3.04. The molecule has 0 aromatic carbocycles. The lowest BCUT2D eigenvalue weighted by Crippen LogP contribution is -2.27. The van der Waals surface area contributed by atoms with E-state index in [4.69, 9.17) is 5.73 Å². The molecule has 0 bridgehead atoms. The van der Waals surface area contributed by atoms with Gasteiger partial charge in [0.05, 0.1) is 6.04 Å². The summed E-state index contributed by atoms with van der Waals surface area (Å²) in [6.07, 6.45) is 0. The molecule has 0 saturated carbocycles. The number of likely N-dealkylation sites (N-methyl/N-ethyl adjacent to an activating group) is 1. The molecule has 12 heavy (non-hydrogen) atoms. The number of nitrogens with two attached hydrogens (primary N) is 1. The topological polar surface area (TPSA) is 42.1 Å². The monoisotopic (exact) mass is 185 g/mol. The fourth-order valence-electron chi connectivity index (χ4n) is 1.06. The predicted octanol–water partition coefficient (Wildman–Crippen LogP) is 1.01. The fraction of sp³-hybridized carbons (Fsp3) is 0.625. The van der Waals surface area contributed by atoms with Gasteiger partial charge in [-0.05, 0) is 21.0 Å². The van der Waals surface area contributed by atoms with Gasteiger partial charge in [0.2, 0.25) is 0 Å². The maximum Gasteiger partial charge on any atom is 0.111 e. The molecule has 0 amide bonds. The Bertz CT molecular complexity index is 244. The molecule has 1 aromatic rings. The molecule has 0 radical (unpaired) electrons. The highest BCUT2D eigenvalue weighted by Gasteiger charge is 2.14. The summed E-state index contributed by atoms with van der Waals surface area (Å²) in [5.74, 6) is 0. The van der Waals surface area contributed by atoms with Crippen molar-refractivity contribution in [3.8, 4) is 0 Å². The van der Waals surface area contributed by atoms with Gasteiger partial charge in [0.15, 0.2) is 0 Å². The van der Waals surface area contributed by atoms with Crippen LogP contribution in [0.2, 0.25) is 0 Å². The first kappa shape index (κ1) is 9.64. The first-order chi connectivity index (χ1) is 5.65. The summed E-state index contributed by atoms with van der Waals surface area (Å²) in [4.78, 5) is 6.50. The zero-order valence-corrected chi connectivity index (χ0v) is 8.56. The van der Waals surface area contributed by atoms with Crippen molar-refractivity contribution in [3.63, 3.8) is 0 Å². The van der Waals surface area contributed by atoms with Gasteiger partial charge in [0, 0.05) is 17.6 Å². The lowest BCUT2D eigenvalue weighted by molar-refractivity contribution is 0.305. The van der Waals surface area contributed by atoms with Gasteiger partial charge in [0.1, 0.15) is 5.01 Å². The van der Waals surface area contributed by atoms with Gasteiger partial charge in [-0.15, -0.1) is 11.3 Å². The van der Waals surface area contributed by atoms with E-state index in [1.54, 1.807) is 11.3 Å². The SMILES string of the molecule is Cc1csc(C(CN)N(C)C)n1. The second-order valence-corrected chi connectivity index (χ2v) is 3.93. The van der Waals surface area contributed by atoms with Crippen LogP contribution >= 0.6 is 11.3 Å². The molecule has 0 spiro atoms. The van der Waals surface area contributed by atoms with Crippen LogP contribution in [0.3, 0.4) is 0 Å². The Morgan fingerprint density at radius 1 is 1.67 bits per heavy atom. The van der Waals surface area contributed by atoms with Crippen molar-refractivity contribution in [2.45, 2.75) is 13.0 Å². The molecule has 1 aromatic heterocycles. The highest BCUT2D eigenvalue weighted by atomic mass is 32.1. The lowest BCUT2D eigenvalue weighted by atomic mass is 10.3. The quantitative estimate of drug-likeness (QED) is 0.764. The van der Waals surface area contributed by atoms with Crippen LogP contribution in [-0.4, -0.2) is 30.5 Å². The first-order valence-corrected chi connectivity index (χ1v) is 4.81. The van der Waals surface area contributed by atoms with E-state index in [9.17, 15) is 0 Å². The van der Waals surface area contributed by atoms with E-state index in [0.29, 0.717) is 6.54 Å². The minimum Gasteiger partial charge on any atom is -0.329 e. The van der Waals surface area contributed by atoms with Crippen LogP contribution in [0.15, 0.2) is 5.38 Å². The molecule has 68 valence electrons. The molecule has 1 unspecified atom stereocenters. The number of thiazole rings is 1. The van der Waals surface area contributed by atoms with Crippen LogP contribution in [0.25, 0.3) is 0 Å². The van der Waals surface area contributed by atoms with Crippen LogP contribution in [0.4, 0.5) is 0 Å². The van der Waals surface area contributed by atoms with E-state index in [-0.39, 0.29) is 6.04 Å². The normalized spacial score (nSPS) is 13.8. The largest absolute Gasteiger partial charge is 0.329 e. The maximum absolute atomic E-state index is 5.64. The third kappa shape index (κ3) is 2.03. The summed E-state index contributed by atoms with van der Waals surface area (Å²) in [6.45, 7) is 2.63. The summed E-state index contributed by atoms with van der Waals surface area (Å²) in [6, 6.07) is 0.267. The minimum atomic E-state index is 0.267. The molecule has 4 heteroatoms. The maximum atomic E-state index is 5.64. The molecular formula is C8H15N3S. The summed E-state index contributed by atoms with van der Waals surface area (Å²) in [5, 5.41) is 3.17. The first-order valence-electron chi connectivity index (χ1n) is 3.93. The Balaban J connectivity index is 2.80. The highest BCUT2D eigenvalue weighted by Crippen LogP contribution is 2.20. The van der Waals surface area contributed by atoms with Crippen LogP contribution in [-0.2, 0) is 0 Å². The molecule has 2 N–H and O–H groups in total. The fourth-order valence-corrected chi connectivity index (χ4v) is 2.06. The average molecular weight is 185 g/mol. The average Bonchev–Trinajstić information content (AvgIpc) is 2.37. The van der Waals surface area contributed by atoms with Crippen molar-refractivity contribution >= 4 is 11.3 Å². The van der Waals surface area contributed by atoms with Crippen LogP contribution in [0.1, 0.15) is 16.7 Å². The van der Waals surface area contributed by atoms with Crippen LogP contribution < -0.4 is 5.73 Å². The molecule has 0 aliphatic rings. The number of nitrogens with zero attached hydrogens (tertiary/aromatic N) is 2. The zero-order valence-electron chi connectivity index (χ0n) is 7.74.